The monoisotopic (exact) mass is 211 g/mol. The van der Waals surface area contributed by atoms with Gasteiger partial charge in [-0.15, -0.1) is 0 Å². The fraction of sp³-hybridized carbons (Fsp3) is 1.00. The van der Waals surface area contributed by atoms with Crippen molar-refractivity contribution in [1.82, 2.24) is 0 Å². The van der Waals surface area contributed by atoms with Gasteiger partial charge in [0.15, 0.2) is 0 Å². The maximum absolute atomic E-state index is 10.7. The van der Waals surface area contributed by atoms with Gasteiger partial charge >= 0.3 is 0 Å². The molecule has 0 bridgehead atoms. The molecule has 0 atom stereocenters. The van der Waals surface area contributed by atoms with Crippen molar-refractivity contribution in [3.8, 4) is 0 Å². The number of hydrogen-bond donors (Lipinski definition) is 1. The molecule has 1 aliphatic carbocycles. The van der Waals surface area contributed by atoms with Gasteiger partial charge < -0.3 is 5.73 Å². The molecular formula is C7H14ClNO2S. The zero-order valence-corrected chi connectivity index (χ0v) is 8.44. The predicted molar refractivity (Wildman–Crippen MR) is 49.6 cm³/mol. The van der Waals surface area contributed by atoms with E-state index in [1.54, 1.807) is 0 Å². The summed E-state index contributed by atoms with van der Waals surface area (Å²) in [6.07, 6.45) is 3.65. The summed E-state index contributed by atoms with van der Waals surface area (Å²) in [7, 11) is 1.83. The molecular weight excluding hydrogens is 198 g/mol. The smallest absolute Gasteiger partial charge is 0.232 e. The van der Waals surface area contributed by atoms with Crippen LogP contribution in [0.4, 0.5) is 0 Å². The molecule has 0 aliphatic heterocycles. The highest BCUT2D eigenvalue weighted by atomic mass is 35.7. The first-order valence-corrected chi connectivity index (χ1v) is 6.63. The first-order valence-electron chi connectivity index (χ1n) is 4.15. The third-order valence-electron chi connectivity index (χ3n) is 2.33. The molecule has 0 aromatic rings. The minimum absolute atomic E-state index is 0.112. The van der Waals surface area contributed by atoms with Crippen LogP contribution in [0.2, 0.25) is 0 Å². The molecule has 0 aromatic carbocycles. The molecule has 72 valence electrons. The van der Waals surface area contributed by atoms with Crippen molar-refractivity contribution < 1.29 is 8.42 Å². The zero-order valence-electron chi connectivity index (χ0n) is 6.87. The van der Waals surface area contributed by atoms with Gasteiger partial charge in [0.25, 0.3) is 0 Å². The van der Waals surface area contributed by atoms with Gasteiger partial charge in [-0.3, -0.25) is 0 Å². The Labute approximate surface area is 77.7 Å². The summed E-state index contributed by atoms with van der Waals surface area (Å²) >= 11 is 0. The number of hydrogen-bond acceptors (Lipinski definition) is 3. The summed E-state index contributed by atoms with van der Waals surface area (Å²) in [5.74, 6) is 0.341. The molecule has 1 aliphatic rings. The molecule has 0 saturated heterocycles. The van der Waals surface area contributed by atoms with Crippen LogP contribution in [0.15, 0.2) is 0 Å². The van der Waals surface area contributed by atoms with E-state index in [4.69, 9.17) is 16.4 Å². The van der Waals surface area contributed by atoms with Crippen LogP contribution in [0.3, 0.4) is 0 Å². The maximum atomic E-state index is 10.7. The van der Waals surface area contributed by atoms with Crippen LogP contribution in [-0.2, 0) is 9.05 Å². The van der Waals surface area contributed by atoms with Crippen molar-refractivity contribution in [2.75, 3.05) is 5.75 Å². The molecule has 1 fully saturated rings. The Hall–Kier alpha value is 0.200. The van der Waals surface area contributed by atoms with E-state index in [0.29, 0.717) is 0 Å². The van der Waals surface area contributed by atoms with Crippen molar-refractivity contribution in [3.05, 3.63) is 0 Å². The summed E-state index contributed by atoms with van der Waals surface area (Å²) < 4.78 is 21.4. The minimum Gasteiger partial charge on any atom is -0.328 e. The summed E-state index contributed by atoms with van der Waals surface area (Å²) in [5, 5.41) is 0. The molecule has 0 heterocycles. The van der Waals surface area contributed by atoms with E-state index in [1.165, 1.54) is 0 Å². The Bertz CT molecular complexity index is 232. The Balaban J connectivity index is 2.36. The Morgan fingerprint density at radius 3 is 2.17 bits per heavy atom. The van der Waals surface area contributed by atoms with E-state index in [1.807, 2.05) is 0 Å². The number of halogens is 1. The first kappa shape index (κ1) is 10.3. The van der Waals surface area contributed by atoms with Crippen molar-refractivity contribution >= 4 is 19.7 Å². The van der Waals surface area contributed by atoms with Crippen molar-refractivity contribution in [2.24, 2.45) is 11.7 Å². The Kier molecular flexibility index (Phi) is 3.37. The molecule has 0 unspecified atom stereocenters. The van der Waals surface area contributed by atoms with Crippen LogP contribution in [-0.4, -0.2) is 20.2 Å². The standard InChI is InChI=1S/C7H14ClNO2S/c8-12(10,11)5-6-1-3-7(9)4-2-6/h6-7H,1-5,9H2. The molecule has 0 amide bonds. The van der Waals surface area contributed by atoms with Crippen molar-refractivity contribution in [1.29, 1.82) is 0 Å². The van der Waals surface area contributed by atoms with Crippen molar-refractivity contribution in [2.45, 2.75) is 31.7 Å². The van der Waals surface area contributed by atoms with E-state index in [9.17, 15) is 8.42 Å². The van der Waals surface area contributed by atoms with Gasteiger partial charge in [-0.1, -0.05) is 0 Å². The second kappa shape index (κ2) is 3.94. The van der Waals surface area contributed by atoms with Gasteiger partial charge in [0.1, 0.15) is 0 Å². The lowest BCUT2D eigenvalue weighted by molar-refractivity contribution is 0.349. The van der Waals surface area contributed by atoms with Crippen LogP contribution in [0.5, 0.6) is 0 Å². The highest BCUT2D eigenvalue weighted by Gasteiger charge is 2.22. The second-order valence-electron chi connectivity index (χ2n) is 3.49. The van der Waals surface area contributed by atoms with Gasteiger partial charge in [0.2, 0.25) is 9.05 Å². The quantitative estimate of drug-likeness (QED) is 0.696. The van der Waals surface area contributed by atoms with E-state index >= 15 is 0 Å². The van der Waals surface area contributed by atoms with Gasteiger partial charge in [-0.05, 0) is 31.6 Å². The van der Waals surface area contributed by atoms with Crippen LogP contribution >= 0.6 is 10.7 Å². The van der Waals surface area contributed by atoms with E-state index in [-0.39, 0.29) is 17.7 Å². The molecule has 5 heteroatoms. The van der Waals surface area contributed by atoms with Gasteiger partial charge in [-0.25, -0.2) is 8.42 Å². The zero-order chi connectivity index (χ0) is 9.19. The number of nitrogens with two attached hydrogens (primary N) is 1. The Morgan fingerprint density at radius 2 is 1.75 bits per heavy atom. The maximum Gasteiger partial charge on any atom is 0.232 e. The van der Waals surface area contributed by atoms with Gasteiger partial charge in [0.05, 0.1) is 5.75 Å². The average Bonchev–Trinajstić information content (AvgIpc) is 1.91. The van der Waals surface area contributed by atoms with Crippen LogP contribution in [0.1, 0.15) is 25.7 Å². The molecule has 2 N–H and O–H groups in total. The largest absolute Gasteiger partial charge is 0.328 e. The molecule has 0 spiro atoms. The highest BCUT2D eigenvalue weighted by molar-refractivity contribution is 8.13. The summed E-state index contributed by atoms with van der Waals surface area (Å²) in [6.45, 7) is 0. The lowest BCUT2D eigenvalue weighted by Crippen LogP contribution is -2.28. The Morgan fingerprint density at radius 1 is 1.25 bits per heavy atom. The predicted octanol–water partition coefficient (Wildman–Crippen LogP) is 1.07. The molecule has 0 radical (unpaired) electrons. The molecule has 1 rings (SSSR count). The molecule has 12 heavy (non-hydrogen) atoms. The SMILES string of the molecule is NC1CCC(CS(=O)(=O)Cl)CC1. The third-order valence-corrected chi connectivity index (χ3v) is 3.57. The summed E-state index contributed by atoms with van der Waals surface area (Å²) in [4.78, 5) is 0. The minimum atomic E-state index is -3.31. The molecule has 1 saturated carbocycles. The lowest BCUT2D eigenvalue weighted by atomic mass is 9.88. The van der Waals surface area contributed by atoms with E-state index in [0.717, 1.165) is 25.7 Å². The second-order valence-corrected chi connectivity index (χ2v) is 6.31. The molecule has 3 nitrogen and oxygen atoms in total. The topological polar surface area (TPSA) is 60.2 Å². The normalized spacial score (nSPS) is 31.8. The fourth-order valence-electron chi connectivity index (χ4n) is 1.64. The summed E-state index contributed by atoms with van der Waals surface area (Å²) in [6, 6.07) is 0.263. The summed E-state index contributed by atoms with van der Waals surface area (Å²) in [5.41, 5.74) is 5.68. The third kappa shape index (κ3) is 3.74. The van der Waals surface area contributed by atoms with Crippen LogP contribution in [0.25, 0.3) is 0 Å². The first-order chi connectivity index (χ1) is 5.47. The fourth-order valence-corrected chi connectivity index (χ4v) is 3.07. The van der Waals surface area contributed by atoms with Gasteiger partial charge in [0, 0.05) is 16.7 Å². The van der Waals surface area contributed by atoms with Gasteiger partial charge in [-0.2, -0.15) is 0 Å². The van der Waals surface area contributed by atoms with E-state index in [2.05, 4.69) is 0 Å². The average molecular weight is 212 g/mol. The lowest BCUT2D eigenvalue weighted by Gasteiger charge is -2.24. The molecule has 0 aromatic heterocycles. The van der Waals surface area contributed by atoms with Crippen LogP contribution < -0.4 is 5.73 Å². The van der Waals surface area contributed by atoms with Crippen LogP contribution in [0, 0.1) is 5.92 Å². The number of rotatable bonds is 2. The van der Waals surface area contributed by atoms with E-state index < -0.39 is 9.05 Å². The highest BCUT2D eigenvalue weighted by Crippen LogP contribution is 2.25. The van der Waals surface area contributed by atoms with Crippen molar-refractivity contribution in [3.63, 3.8) is 0 Å².